The molecule has 0 spiro atoms. The highest BCUT2D eigenvalue weighted by Gasteiger charge is 2.27. The molecule has 1 fully saturated rings. The van der Waals surface area contributed by atoms with Crippen molar-refractivity contribution in [2.75, 3.05) is 26.2 Å². The van der Waals surface area contributed by atoms with Gasteiger partial charge in [-0.2, -0.15) is 0 Å². The Morgan fingerprint density at radius 2 is 1.24 bits per heavy atom. The van der Waals surface area contributed by atoms with E-state index in [1.54, 1.807) is 4.90 Å². The molecule has 2 aromatic rings. The number of amides is 2. The van der Waals surface area contributed by atoms with Gasteiger partial charge in [-0.05, 0) is 11.1 Å². The standard InChI is InChI=1S/C19H20N2O4/c22-18(23)20-11-13-21(14-12-20)19(24)25-17(15-7-3-1-4-8-15)16-9-5-2-6-10-16/h1-10,17H,11-14H2,(H,22,23). The summed E-state index contributed by atoms with van der Waals surface area (Å²) in [6.07, 6.45) is -1.88. The second-order valence-corrected chi connectivity index (χ2v) is 5.84. The largest absolute Gasteiger partial charge is 0.465 e. The first kappa shape index (κ1) is 16.8. The molecule has 1 heterocycles. The van der Waals surface area contributed by atoms with Gasteiger partial charge in [-0.3, -0.25) is 0 Å². The molecule has 1 saturated heterocycles. The summed E-state index contributed by atoms with van der Waals surface area (Å²) in [7, 11) is 0. The van der Waals surface area contributed by atoms with E-state index in [1.165, 1.54) is 4.90 Å². The molecule has 25 heavy (non-hydrogen) atoms. The summed E-state index contributed by atoms with van der Waals surface area (Å²) in [5.74, 6) is 0. The maximum Gasteiger partial charge on any atom is 0.410 e. The van der Waals surface area contributed by atoms with Crippen LogP contribution < -0.4 is 0 Å². The fourth-order valence-electron chi connectivity index (χ4n) is 2.84. The van der Waals surface area contributed by atoms with Crippen molar-refractivity contribution in [1.29, 1.82) is 0 Å². The van der Waals surface area contributed by atoms with Crippen LogP contribution in [-0.4, -0.2) is 53.3 Å². The maximum atomic E-state index is 12.6. The van der Waals surface area contributed by atoms with E-state index in [4.69, 9.17) is 9.84 Å². The average Bonchev–Trinajstić information content (AvgIpc) is 2.67. The highest BCUT2D eigenvalue weighted by Crippen LogP contribution is 2.26. The smallest absolute Gasteiger partial charge is 0.410 e. The Hall–Kier alpha value is -3.02. The molecule has 1 N–H and O–H groups in total. The maximum absolute atomic E-state index is 12.6. The molecule has 0 radical (unpaired) electrons. The van der Waals surface area contributed by atoms with Gasteiger partial charge in [0.25, 0.3) is 0 Å². The summed E-state index contributed by atoms with van der Waals surface area (Å²) in [6, 6.07) is 19.2. The van der Waals surface area contributed by atoms with Gasteiger partial charge >= 0.3 is 12.2 Å². The molecule has 6 heteroatoms. The van der Waals surface area contributed by atoms with E-state index in [-0.39, 0.29) is 0 Å². The molecule has 0 unspecified atom stereocenters. The highest BCUT2D eigenvalue weighted by molar-refractivity contribution is 5.70. The number of hydrogen-bond acceptors (Lipinski definition) is 3. The van der Waals surface area contributed by atoms with Crippen molar-refractivity contribution in [3.63, 3.8) is 0 Å². The third-order valence-corrected chi connectivity index (χ3v) is 4.23. The number of carboxylic acid groups (broad SMARTS) is 1. The molecular formula is C19H20N2O4. The van der Waals surface area contributed by atoms with Gasteiger partial charge in [-0.25, -0.2) is 9.59 Å². The van der Waals surface area contributed by atoms with E-state index in [0.717, 1.165) is 11.1 Å². The molecule has 3 rings (SSSR count). The second-order valence-electron chi connectivity index (χ2n) is 5.84. The minimum atomic E-state index is -0.959. The van der Waals surface area contributed by atoms with E-state index >= 15 is 0 Å². The number of carbonyl (C=O) groups excluding carboxylic acids is 1. The van der Waals surface area contributed by atoms with E-state index in [2.05, 4.69) is 0 Å². The predicted molar refractivity (Wildman–Crippen MR) is 92.4 cm³/mol. The Morgan fingerprint density at radius 1 is 0.800 bits per heavy atom. The summed E-state index contributed by atoms with van der Waals surface area (Å²) < 4.78 is 5.78. The summed E-state index contributed by atoms with van der Waals surface area (Å²) in [5.41, 5.74) is 1.79. The molecule has 0 saturated carbocycles. The van der Waals surface area contributed by atoms with Crippen LogP contribution >= 0.6 is 0 Å². The molecule has 0 atom stereocenters. The molecule has 1 aliphatic rings. The number of hydrogen-bond donors (Lipinski definition) is 1. The van der Waals surface area contributed by atoms with Gasteiger partial charge < -0.3 is 19.6 Å². The van der Waals surface area contributed by atoms with Crippen molar-refractivity contribution >= 4 is 12.2 Å². The van der Waals surface area contributed by atoms with Crippen LogP contribution in [0.1, 0.15) is 17.2 Å². The first-order valence-corrected chi connectivity index (χ1v) is 8.18. The van der Waals surface area contributed by atoms with Gasteiger partial charge in [0.2, 0.25) is 0 Å². The van der Waals surface area contributed by atoms with Crippen LogP contribution in [0.5, 0.6) is 0 Å². The van der Waals surface area contributed by atoms with Gasteiger partial charge in [0.05, 0.1) is 0 Å². The molecule has 6 nitrogen and oxygen atoms in total. The van der Waals surface area contributed by atoms with Crippen LogP contribution in [0, 0.1) is 0 Å². The zero-order chi connectivity index (χ0) is 17.6. The molecule has 1 aliphatic heterocycles. The molecule has 2 aromatic carbocycles. The van der Waals surface area contributed by atoms with E-state index < -0.39 is 18.3 Å². The summed E-state index contributed by atoms with van der Waals surface area (Å²) >= 11 is 0. The SMILES string of the molecule is O=C(O)N1CCN(C(=O)OC(c2ccccc2)c2ccccc2)CC1. The van der Waals surface area contributed by atoms with Crippen molar-refractivity contribution < 1.29 is 19.4 Å². The molecule has 0 aromatic heterocycles. The Labute approximate surface area is 146 Å². The predicted octanol–water partition coefficient (Wildman–Crippen LogP) is 3.21. The number of rotatable bonds is 3. The first-order chi connectivity index (χ1) is 12.1. The van der Waals surface area contributed by atoms with Gasteiger partial charge in [-0.1, -0.05) is 60.7 Å². The van der Waals surface area contributed by atoms with Crippen LogP contribution in [0.25, 0.3) is 0 Å². The lowest BCUT2D eigenvalue weighted by Crippen LogP contribution is -2.50. The Kier molecular flexibility index (Phi) is 5.18. The van der Waals surface area contributed by atoms with Crippen LogP contribution in [0.4, 0.5) is 9.59 Å². The van der Waals surface area contributed by atoms with Crippen LogP contribution in [0.15, 0.2) is 60.7 Å². The van der Waals surface area contributed by atoms with E-state index in [9.17, 15) is 9.59 Å². The van der Waals surface area contributed by atoms with E-state index in [1.807, 2.05) is 60.7 Å². The number of carbonyl (C=O) groups is 2. The molecule has 2 amide bonds. The van der Waals surface area contributed by atoms with Crippen LogP contribution in [-0.2, 0) is 4.74 Å². The number of benzene rings is 2. The number of ether oxygens (including phenoxy) is 1. The third-order valence-electron chi connectivity index (χ3n) is 4.23. The lowest BCUT2D eigenvalue weighted by Gasteiger charge is -2.33. The Morgan fingerprint density at radius 3 is 1.68 bits per heavy atom. The lowest BCUT2D eigenvalue weighted by atomic mass is 10.0. The Bertz CT molecular complexity index is 673. The van der Waals surface area contributed by atoms with Crippen molar-refractivity contribution in [2.45, 2.75) is 6.10 Å². The summed E-state index contributed by atoms with van der Waals surface area (Å²) in [5, 5.41) is 9.00. The van der Waals surface area contributed by atoms with Gasteiger partial charge in [0.15, 0.2) is 6.10 Å². The third kappa shape index (κ3) is 4.09. The quantitative estimate of drug-likeness (QED) is 0.931. The minimum Gasteiger partial charge on any atom is -0.465 e. The molecule has 0 aliphatic carbocycles. The lowest BCUT2D eigenvalue weighted by molar-refractivity contribution is 0.0563. The Balaban J connectivity index is 1.73. The monoisotopic (exact) mass is 340 g/mol. The van der Waals surface area contributed by atoms with Gasteiger partial charge in [0, 0.05) is 26.2 Å². The first-order valence-electron chi connectivity index (χ1n) is 8.18. The van der Waals surface area contributed by atoms with Crippen LogP contribution in [0.3, 0.4) is 0 Å². The van der Waals surface area contributed by atoms with Gasteiger partial charge in [0.1, 0.15) is 0 Å². The number of nitrogens with zero attached hydrogens (tertiary/aromatic N) is 2. The topological polar surface area (TPSA) is 70.1 Å². The molecular weight excluding hydrogens is 320 g/mol. The zero-order valence-electron chi connectivity index (χ0n) is 13.7. The van der Waals surface area contributed by atoms with Crippen molar-refractivity contribution in [2.24, 2.45) is 0 Å². The van der Waals surface area contributed by atoms with Crippen molar-refractivity contribution in [1.82, 2.24) is 9.80 Å². The number of piperazine rings is 1. The molecule has 130 valence electrons. The average molecular weight is 340 g/mol. The molecule has 0 bridgehead atoms. The highest BCUT2D eigenvalue weighted by atomic mass is 16.6. The van der Waals surface area contributed by atoms with Gasteiger partial charge in [-0.15, -0.1) is 0 Å². The second kappa shape index (κ2) is 7.70. The van der Waals surface area contributed by atoms with Crippen molar-refractivity contribution in [3.8, 4) is 0 Å². The summed E-state index contributed by atoms with van der Waals surface area (Å²) in [6.45, 7) is 1.26. The van der Waals surface area contributed by atoms with Crippen molar-refractivity contribution in [3.05, 3.63) is 71.8 Å². The van der Waals surface area contributed by atoms with E-state index in [0.29, 0.717) is 26.2 Å². The van der Waals surface area contributed by atoms with Crippen LogP contribution in [0.2, 0.25) is 0 Å². The summed E-state index contributed by atoms with van der Waals surface area (Å²) in [4.78, 5) is 26.4. The zero-order valence-corrected chi connectivity index (χ0v) is 13.7. The minimum absolute atomic E-state index is 0.297. The fraction of sp³-hybridized carbons (Fsp3) is 0.263. The fourth-order valence-corrected chi connectivity index (χ4v) is 2.84. The normalized spacial score (nSPS) is 14.4.